The summed E-state index contributed by atoms with van der Waals surface area (Å²) in [5.41, 5.74) is 0. The molecule has 2 atom stereocenters. The first-order chi connectivity index (χ1) is 3.84. The molecule has 0 N–H and O–H groups in total. The van der Waals surface area contributed by atoms with Gasteiger partial charge in [-0.15, -0.1) is 0 Å². The Bertz CT molecular complexity index is 74.9. The molecule has 1 rings (SSSR count). The lowest BCUT2D eigenvalue weighted by atomic mass is 10.3. The van der Waals surface area contributed by atoms with E-state index < -0.39 is 0 Å². The molecule has 8 heavy (non-hydrogen) atoms. The van der Waals surface area contributed by atoms with Crippen LogP contribution in [0.1, 0.15) is 19.3 Å². The standard InChI is InChI=1S/C6H11BrO/c1-8-6-4-2-3-5(6)7/h5-6H,2-4H2,1H3/t5-,6-/m1/s1. The second-order valence-corrected chi connectivity index (χ2v) is 3.40. The quantitative estimate of drug-likeness (QED) is 0.559. The van der Waals surface area contributed by atoms with E-state index in [0.29, 0.717) is 10.9 Å². The molecule has 1 aliphatic rings. The monoisotopic (exact) mass is 178 g/mol. The summed E-state index contributed by atoms with van der Waals surface area (Å²) in [5, 5.41) is 0. The first kappa shape index (κ1) is 6.56. The van der Waals surface area contributed by atoms with Crippen molar-refractivity contribution >= 4 is 15.9 Å². The average molecular weight is 179 g/mol. The maximum absolute atomic E-state index is 5.18. The van der Waals surface area contributed by atoms with Gasteiger partial charge in [0, 0.05) is 11.9 Å². The van der Waals surface area contributed by atoms with E-state index in [9.17, 15) is 0 Å². The summed E-state index contributed by atoms with van der Waals surface area (Å²) in [4.78, 5) is 0.618. The van der Waals surface area contributed by atoms with Crippen LogP contribution in [-0.2, 0) is 4.74 Å². The van der Waals surface area contributed by atoms with E-state index in [0.717, 1.165) is 0 Å². The topological polar surface area (TPSA) is 9.23 Å². The van der Waals surface area contributed by atoms with Gasteiger partial charge in [-0.2, -0.15) is 0 Å². The van der Waals surface area contributed by atoms with Gasteiger partial charge < -0.3 is 4.74 Å². The molecule has 0 heterocycles. The fourth-order valence-corrected chi connectivity index (χ4v) is 1.95. The highest BCUT2D eigenvalue weighted by molar-refractivity contribution is 9.09. The summed E-state index contributed by atoms with van der Waals surface area (Å²) in [6, 6.07) is 0. The number of hydrogen-bond donors (Lipinski definition) is 0. The second-order valence-electron chi connectivity index (χ2n) is 2.22. The molecular formula is C6H11BrO. The fraction of sp³-hybridized carbons (Fsp3) is 1.00. The molecule has 0 amide bonds. The Hall–Kier alpha value is 0.440. The fourth-order valence-electron chi connectivity index (χ4n) is 1.15. The van der Waals surface area contributed by atoms with E-state index >= 15 is 0 Å². The zero-order valence-electron chi connectivity index (χ0n) is 5.06. The van der Waals surface area contributed by atoms with Crippen LogP contribution in [-0.4, -0.2) is 18.0 Å². The van der Waals surface area contributed by atoms with Crippen molar-refractivity contribution in [3.8, 4) is 0 Å². The smallest absolute Gasteiger partial charge is 0.0696 e. The van der Waals surface area contributed by atoms with E-state index in [1.807, 2.05) is 0 Å². The molecule has 1 nitrogen and oxygen atoms in total. The molecule has 0 saturated heterocycles. The average Bonchev–Trinajstić information content (AvgIpc) is 2.14. The molecule has 48 valence electrons. The Morgan fingerprint density at radius 2 is 2.25 bits per heavy atom. The van der Waals surface area contributed by atoms with Crippen LogP contribution >= 0.6 is 15.9 Å². The maximum Gasteiger partial charge on any atom is 0.0696 e. The first-order valence-electron chi connectivity index (χ1n) is 3.01. The number of rotatable bonds is 1. The van der Waals surface area contributed by atoms with Gasteiger partial charge in [-0.3, -0.25) is 0 Å². The highest BCUT2D eigenvalue weighted by Gasteiger charge is 2.23. The van der Waals surface area contributed by atoms with Crippen LogP contribution in [0.25, 0.3) is 0 Å². The Morgan fingerprint density at radius 3 is 2.50 bits per heavy atom. The van der Waals surface area contributed by atoms with Crippen LogP contribution < -0.4 is 0 Å². The van der Waals surface area contributed by atoms with Crippen molar-refractivity contribution < 1.29 is 4.74 Å². The van der Waals surface area contributed by atoms with Crippen LogP contribution in [0.2, 0.25) is 0 Å². The molecule has 0 aromatic heterocycles. The second kappa shape index (κ2) is 2.83. The summed E-state index contributed by atoms with van der Waals surface area (Å²) < 4.78 is 5.18. The number of methoxy groups -OCH3 is 1. The highest BCUT2D eigenvalue weighted by atomic mass is 79.9. The lowest BCUT2D eigenvalue weighted by molar-refractivity contribution is 0.114. The van der Waals surface area contributed by atoms with E-state index in [1.165, 1.54) is 19.3 Å². The molecular weight excluding hydrogens is 168 g/mol. The maximum atomic E-state index is 5.18. The van der Waals surface area contributed by atoms with Gasteiger partial charge in [0.05, 0.1) is 6.10 Å². The first-order valence-corrected chi connectivity index (χ1v) is 3.93. The summed E-state index contributed by atoms with van der Waals surface area (Å²) in [6.45, 7) is 0. The zero-order valence-corrected chi connectivity index (χ0v) is 6.65. The van der Waals surface area contributed by atoms with Crippen LogP contribution in [0.15, 0.2) is 0 Å². The normalized spacial score (nSPS) is 38.2. The molecule has 0 aromatic rings. The third kappa shape index (κ3) is 1.23. The highest BCUT2D eigenvalue weighted by Crippen LogP contribution is 2.27. The minimum atomic E-state index is 0.481. The molecule has 2 heteroatoms. The van der Waals surface area contributed by atoms with Crippen molar-refractivity contribution in [2.75, 3.05) is 7.11 Å². The molecule has 0 unspecified atom stereocenters. The van der Waals surface area contributed by atoms with Crippen molar-refractivity contribution in [2.24, 2.45) is 0 Å². The van der Waals surface area contributed by atoms with E-state index in [4.69, 9.17) is 4.74 Å². The Kier molecular flexibility index (Phi) is 2.32. The van der Waals surface area contributed by atoms with Crippen molar-refractivity contribution in [3.63, 3.8) is 0 Å². The molecule has 1 saturated carbocycles. The number of hydrogen-bond acceptors (Lipinski definition) is 1. The van der Waals surface area contributed by atoms with Crippen molar-refractivity contribution in [1.29, 1.82) is 0 Å². The van der Waals surface area contributed by atoms with Gasteiger partial charge >= 0.3 is 0 Å². The van der Waals surface area contributed by atoms with Crippen molar-refractivity contribution in [2.45, 2.75) is 30.2 Å². The Morgan fingerprint density at radius 1 is 1.50 bits per heavy atom. The number of alkyl halides is 1. The molecule has 1 fully saturated rings. The third-order valence-electron chi connectivity index (χ3n) is 1.67. The van der Waals surface area contributed by atoms with Gasteiger partial charge in [0.15, 0.2) is 0 Å². The molecule has 0 aliphatic heterocycles. The molecule has 0 bridgehead atoms. The van der Waals surface area contributed by atoms with E-state index in [2.05, 4.69) is 15.9 Å². The predicted octanol–water partition coefficient (Wildman–Crippen LogP) is 1.95. The van der Waals surface area contributed by atoms with Gasteiger partial charge in [0.2, 0.25) is 0 Å². The Labute approximate surface area is 58.5 Å². The number of halogens is 1. The third-order valence-corrected chi connectivity index (χ3v) is 2.72. The SMILES string of the molecule is CO[C@@H]1CCC[C@H]1Br. The van der Waals surface area contributed by atoms with Crippen LogP contribution in [0.5, 0.6) is 0 Å². The van der Waals surface area contributed by atoms with Gasteiger partial charge in [0.25, 0.3) is 0 Å². The predicted molar refractivity (Wildman–Crippen MR) is 37.4 cm³/mol. The van der Waals surface area contributed by atoms with Crippen molar-refractivity contribution in [3.05, 3.63) is 0 Å². The van der Waals surface area contributed by atoms with Crippen LogP contribution in [0.3, 0.4) is 0 Å². The summed E-state index contributed by atoms with van der Waals surface area (Å²) >= 11 is 3.54. The molecule has 0 radical (unpaired) electrons. The van der Waals surface area contributed by atoms with Crippen LogP contribution in [0.4, 0.5) is 0 Å². The summed E-state index contributed by atoms with van der Waals surface area (Å²) in [6.07, 6.45) is 4.30. The zero-order chi connectivity index (χ0) is 5.98. The van der Waals surface area contributed by atoms with Gasteiger partial charge in [0.1, 0.15) is 0 Å². The van der Waals surface area contributed by atoms with Gasteiger partial charge in [-0.1, -0.05) is 15.9 Å². The Balaban J connectivity index is 2.30. The van der Waals surface area contributed by atoms with Crippen molar-refractivity contribution in [1.82, 2.24) is 0 Å². The van der Waals surface area contributed by atoms with Crippen LogP contribution in [0, 0.1) is 0 Å². The summed E-state index contributed by atoms with van der Waals surface area (Å²) in [5.74, 6) is 0. The number of ether oxygens (including phenoxy) is 1. The minimum Gasteiger partial charge on any atom is -0.380 e. The largest absolute Gasteiger partial charge is 0.380 e. The van der Waals surface area contributed by atoms with E-state index in [1.54, 1.807) is 7.11 Å². The van der Waals surface area contributed by atoms with E-state index in [-0.39, 0.29) is 0 Å². The molecule has 0 spiro atoms. The molecule has 0 aromatic carbocycles. The van der Waals surface area contributed by atoms with Gasteiger partial charge in [-0.05, 0) is 19.3 Å². The van der Waals surface area contributed by atoms with Gasteiger partial charge in [-0.25, -0.2) is 0 Å². The lowest BCUT2D eigenvalue weighted by Crippen LogP contribution is -2.14. The summed E-state index contributed by atoms with van der Waals surface area (Å²) in [7, 11) is 1.78. The lowest BCUT2D eigenvalue weighted by Gasteiger charge is -2.09. The minimum absolute atomic E-state index is 0.481. The molecule has 1 aliphatic carbocycles.